The number of hydrogen-bond acceptors (Lipinski definition) is 4. The second-order valence-electron chi connectivity index (χ2n) is 5.46. The van der Waals surface area contributed by atoms with Crippen LogP contribution in [0.4, 0.5) is 4.39 Å². The first kappa shape index (κ1) is 16.2. The highest BCUT2D eigenvalue weighted by Gasteiger charge is 2.28. The molecular formula is C15H20FN3O3. The second-order valence-corrected chi connectivity index (χ2v) is 5.46. The van der Waals surface area contributed by atoms with Gasteiger partial charge in [-0.05, 0) is 25.2 Å². The number of hydrogen-bond donors (Lipinski definition) is 1. The first-order chi connectivity index (χ1) is 10.4. The third-order valence-electron chi connectivity index (χ3n) is 3.81. The van der Waals surface area contributed by atoms with Crippen molar-refractivity contribution in [2.45, 2.75) is 0 Å². The van der Waals surface area contributed by atoms with Gasteiger partial charge in [-0.25, -0.2) is 4.39 Å². The van der Waals surface area contributed by atoms with Gasteiger partial charge in [0.05, 0.1) is 13.0 Å². The summed E-state index contributed by atoms with van der Waals surface area (Å²) in [5, 5.41) is 0. The molecule has 0 saturated carbocycles. The van der Waals surface area contributed by atoms with Crippen molar-refractivity contribution in [2.75, 3.05) is 40.3 Å². The molecule has 120 valence electrons. The van der Waals surface area contributed by atoms with Crippen molar-refractivity contribution in [2.24, 2.45) is 11.7 Å². The Kier molecular flexibility index (Phi) is 4.97. The van der Waals surface area contributed by atoms with Crippen LogP contribution in [0.3, 0.4) is 0 Å². The number of methoxy groups -OCH3 is 1. The van der Waals surface area contributed by atoms with Crippen LogP contribution in [0.5, 0.6) is 5.75 Å². The van der Waals surface area contributed by atoms with Crippen LogP contribution in [0.2, 0.25) is 0 Å². The Morgan fingerprint density at radius 1 is 1.32 bits per heavy atom. The number of likely N-dealkylation sites (N-methyl/N-ethyl adjacent to an activating group) is 1. The van der Waals surface area contributed by atoms with Gasteiger partial charge in [0.15, 0.2) is 11.6 Å². The molecule has 7 heteroatoms. The maximum atomic E-state index is 13.7. The number of nitrogens with two attached hydrogens (primary N) is 1. The standard InChI is InChI=1S/C15H20FN3O3/c1-18-5-6-19(9-11(8-18)14(17)20)15(21)10-3-4-13(22-2)12(16)7-10/h3-4,7,11H,5-6,8-9H2,1-2H3,(H2,17,20). The summed E-state index contributed by atoms with van der Waals surface area (Å²) in [6.45, 7) is 1.85. The molecule has 1 aliphatic rings. The Balaban J connectivity index is 2.20. The molecule has 0 aromatic heterocycles. The second kappa shape index (κ2) is 6.74. The average molecular weight is 309 g/mol. The van der Waals surface area contributed by atoms with Crippen molar-refractivity contribution in [3.8, 4) is 5.75 Å². The number of amides is 2. The van der Waals surface area contributed by atoms with Crippen molar-refractivity contribution in [1.29, 1.82) is 0 Å². The Morgan fingerprint density at radius 3 is 2.64 bits per heavy atom. The summed E-state index contributed by atoms with van der Waals surface area (Å²) in [5.41, 5.74) is 5.61. The fraction of sp³-hybridized carbons (Fsp3) is 0.467. The van der Waals surface area contributed by atoms with Crippen LogP contribution in [0.1, 0.15) is 10.4 Å². The highest BCUT2D eigenvalue weighted by atomic mass is 19.1. The maximum absolute atomic E-state index is 13.7. The zero-order chi connectivity index (χ0) is 16.3. The smallest absolute Gasteiger partial charge is 0.254 e. The molecule has 1 heterocycles. The van der Waals surface area contributed by atoms with E-state index in [0.29, 0.717) is 19.6 Å². The van der Waals surface area contributed by atoms with Crippen LogP contribution < -0.4 is 10.5 Å². The predicted molar refractivity (Wildman–Crippen MR) is 79.0 cm³/mol. The third-order valence-corrected chi connectivity index (χ3v) is 3.81. The largest absolute Gasteiger partial charge is 0.494 e. The lowest BCUT2D eigenvalue weighted by Gasteiger charge is -2.22. The van der Waals surface area contributed by atoms with Gasteiger partial charge in [0.25, 0.3) is 5.91 Å². The quantitative estimate of drug-likeness (QED) is 0.873. The van der Waals surface area contributed by atoms with E-state index in [0.717, 1.165) is 6.07 Å². The zero-order valence-corrected chi connectivity index (χ0v) is 12.7. The first-order valence-electron chi connectivity index (χ1n) is 7.03. The molecule has 2 N–H and O–H groups in total. The molecule has 1 aromatic rings. The summed E-state index contributed by atoms with van der Waals surface area (Å²) in [6.07, 6.45) is 0. The Morgan fingerprint density at radius 2 is 2.05 bits per heavy atom. The zero-order valence-electron chi connectivity index (χ0n) is 12.7. The number of carbonyl (C=O) groups excluding carboxylic acids is 2. The monoisotopic (exact) mass is 309 g/mol. The fourth-order valence-corrected chi connectivity index (χ4v) is 2.52. The molecule has 1 atom stereocenters. The molecule has 1 aromatic carbocycles. The number of nitrogens with zero attached hydrogens (tertiary/aromatic N) is 2. The van der Waals surface area contributed by atoms with E-state index in [-0.39, 0.29) is 23.8 Å². The van der Waals surface area contributed by atoms with Crippen molar-refractivity contribution < 1.29 is 18.7 Å². The maximum Gasteiger partial charge on any atom is 0.254 e. The number of ether oxygens (including phenoxy) is 1. The van der Waals surface area contributed by atoms with E-state index in [4.69, 9.17) is 10.5 Å². The van der Waals surface area contributed by atoms with E-state index in [1.807, 2.05) is 11.9 Å². The molecule has 0 spiro atoms. The van der Waals surface area contributed by atoms with E-state index >= 15 is 0 Å². The number of halogens is 1. The van der Waals surface area contributed by atoms with Gasteiger partial charge in [0.2, 0.25) is 5.91 Å². The van der Waals surface area contributed by atoms with Crippen molar-refractivity contribution in [3.63, 3.8) is 0 Å². The minimum Gasteiger partial charge on any atom is -0.494 e. The highest BCUT2D eigenvalue weighted by molar-refractivity contribution is 5.94. The summed E-state index contributed by atoms with van der Waals surface area (Å²) < 4.78 is 18.6. The summed E-state index contributed by atoms with van der Waals surface area (Å²) in [4.78, 5) is 27.5. The summed E-state index contributed by atoms with van der Waals surface area (Å²) in [7, 11) is 3.24. The van der Waals surface area contributed by atoms with E-state index < -0.39 is 17.6 Å². The average Bonchev–Trinajstić information content (AvgIpc) is 2.68. The molecule has 0 radical (unpaired) electrons. The topological polar surface area (TPSA) is 75.9 Å². The summed E-state index contributed by atoms with van der Waals surface area (Å²) >= 11 is 0. The molecule has 22 heavy (non-hydrogen) atoms. The molecule has 1 fully saturated rings. The minimum atomic E-state index is -0.591. The van der Waals surface area contributed by atoms with Crippen LogP contribution in [0.15, 0.2) is 18.2 Å². The first-order valence-corrected chi connectivity index (χ1v) is 7.03. The molecule has 1 aliphatic heterocycles. The van der Waals surface area contributed by atoms with Gasteiger partial charge in [0.1, 0.15) is 0 Å². The molecule has 0 bridgehead atoms. The van der Waals surface area contributed by atoms with E-state index in [1.165, 1.54) is 19.2 Å². The lowest BCUT2D eigenvalue weighted by molar-refractivity contribution is -0.122. The lowest BCUT2D eigenvalue weighted by atomic mass is 10.1. The molecule has 2 rings (SSSR count). The lowest BCUT2D eigenvalue weighted by Crippen LogP contribution is -2.40. The number of benzene rings is 1. The normalized spacial score (nSPS) is 19.6. The van der Waals surface area contributed by atoms with Crippen molar-refractivity contribution >= 4 is 11.8 Å². The van der Waals surface area contributed by atoms with Gasteiger partial charge < -0.3 is 20.3 Å². The molecule has 1 unspecified atom stereocenters. The van der Waals surface area contributed by atoms with Gasteiger partial charge in [-0.1, -0.05) is 0 Å². The summed E-state index contributed by atoms with van der Waals surface area (Å²) in [6, 6.07) is 4.07. The predicted octanol–water partition coefficient (Wildman–Crippen LogP) is 0.323. The highest BCUT2D eigenvalue weighted by Crippen LogP contribution is 2.19. The molecule has 0 aliphatic carbocycles. The number of carbonyl (C=O) groups is 2. The molecule has 1 saturated heterocycles. The number of rotatable bonds is 3. The number of primary amides is 1. The van der Waals surface area contributed by atoms with E-state index in [1.54, 1.807) is 4.90 Å². The minimum absolute atomic E-state index is 0.0853. The van der Waals surface area contributed by atoms with Gasteiger partial charge >= 0.3 is 0 Å². The van der Waals surface area contributed by atoms with Crippen LogP contribution >= 0.6 is 0 Å². The van der Waals surface area contributed by atoms with Crippen LogP contribution in [-0.2, 0) is 4.79 Å². The Hall–Kier alpha value is -2.15. The van der Waals surface area contributed by atoms with Gasteiger partial charge in [0, 0.05) is 31.7 Å². The molecule has 6 nitrogen and oxygen atoms in total. The van der Waals surface area contributed by atoms with Crippen molar-refractivity contribution in [3.05, 3.63) is 29.6 Å². The Labute approximate surface area is 128 Å². The van der Waals surface area contributed by atoms with Crippen LogP contribution in [0.25, 0.3) is 0 Å². The molecular weight excluding hydrogens is 289 g/mol. The Bertz CT molecular complexity index is 579. The van der Waals surface area contributed by atoms with E-state index in [9.17, 15) is 14.0 Å². The SMILES string of the molecule is COc1ccc(C(=O)N2CCN(C)CC(C(N)=O)C2)cc1F. The van der Waals surface area contributed by atoms with Crippen LogP contribution in [-0.4, -0.2) is 62.0 Å². The fourth-order valence-electron chi connectivity index (χ4n) is 2.52. The summed E-state index contributed by atoms with van der Waals surface area (Å²) in [5.74, 6) is -1.69. The van der Waals surface area contributed by atoms with Gasteiger partial charge in [-0.2, -0.15) is 0 Å². The molecule has 2 amide bonds. The third kappa shape index (κ3) is 3.54. The van der Waals surface area contributed by atoms with Crippen LogP contribution in [0, 0.1) is 11.7 Å². The van der Waals surface area contributed by atoms with E-state index in [2.05, 4.69) is 0 Å². The van der Waals surface area contributed by atoms with Gasteiger partial charge in [-0.15, -0.1) is 0 Å². The van der Waals surface area contributed by atoms with Gasteiger partial charge in [-0.3, -0.25) is 9.59 Å². The van der Waals surface area contributed by atoms with Crippen molar-refractivity contribution in [1.82, 2.24) is 9.80 Å².